The fourth-order valence-corrected chi connectivity index (χ4v) is 3.15. The average Bonchev–Trinajstić information content (AvgIpc) is 2.51. The zero-order valence-electron chi connectivity index (χ0n) is 16.2. The van der Waals surface area contributed by atoms with E-state index in [2.05, 4.69) is 39.8 Å². The van der Waals surface area contributed by atoms with E-state index < -0.39 is 0 Å². The molecule has 0 rings (SSSR count). The smallest absolute Gasteiger partial charge is 0.0236 e. The largest absolute Gasteiger partial charge is 0.0883 e. The summed E-state index contributed by atoms with van der Waals surface area (Å²) >= 11 is 0. The van der Waals surface area contributed by atoms with E-state index in [0.29, 0.717) is 0 Å². The third-order valence-corrected chi connectivity index (χ3v) is 5.06. The topological polar surface area (TPSA) is 0 Å². The third-order valence-electron chi connectivity index (χ3n) is 5.06. The molecule has 0 nitrogen and oxygen atoms in total. The lowest BCUT2D eigenvalue weighted by molar-refractivity contribution is 0.423. The predicted molar refractivity (Wildman–Crippen MR) is 103 cm³/mol. The Balaban J connectivity index is 3.26. The summed E-state index contributed by atoms with van der Waals surface area (Å²) in [6.07, 6.45) is 24.7. The van der Waals surface area contributed by atoms with Crippen molar-refractivity contribution in [3.63, 3.8) is 0 Å². The Morgan fingerprint density at radius 1 is 0.636 bits per heavy atom. The fourth-order valence-electron chi connectivity index (χ4n) is 3.15. The molecule has 132 valence electrons. The Labute approximate surface area is 142 Å². The first-order valence-corrected chi connectivity index (χ1v) is 10.4. The highest BCUT2D eigenvalue weighted by molar-refractivity contribution is 4.88. The van der Waals surface area contributed by atoms with Crippen molar-refractivity contribution in [2.45, 2.75) is 118 Å². The summed E-state index contributed by atoms with van der Waals surface area (Å²) in [5.41, 5.74) is 0. The van der Waals surface area contributed by atoms with Gasteiger partial charge in [0.1, 0.15) is 0 Å². The number of unbranched alkanes of at least 4 members (excludes halogenated alkanes) is 11. The van der Waals surface area contributed by atoms with Crippen molar-refractivity contribution < 1.29 is 0 Å². The summed E-state index contributed by atoms with van der Waals surface area (Å²) in [6.45, 7) is 9.35. The molecule has 0 radical (unpaired) electrons. The van der Waals surface area contributed by atoms with Crippen molar-refractivity contribution in [3.05, 3.63) is 12.2 Å². The Hall–Kier alpha value is -0.260. The molecule has 22 heavy (non-hydrogen) atoms. The van der Waals surface area contributed by atoms with E-state index in [1.165, 1.54) is 89.9 Å². The van der Waals surface area contributed by atoms with Crippen LogP contribution in [0.2, 0.25) is 0 Å². The molecule has 0 heterocycles. The van der Waals surface area contributed by atoms with E-state index >= 15 is 0 Å². The molecule has 0 aromatic carbocycles. The Bertz CT molecular complexity index is 228. The van der Waals surface area contributed by atoms with Gasteiger partial charge < -0.3 is 0 Å². The fraction of sp³-hybridized carbons (Fsp3) is 0.909. The van der Waals surface area contributed by atoms with Gasteiger partial charge in [0.15, 0.2) is 0 Å². The Kier molecular flexibility index (Phi) is 16.9. The molecule has 0 heteroatoms. The maximum atomic E-state index is 2.45. The van der Waals surface area contributed by atoms with Crippen LogP contribution in [0.15, 0.2) is 12.2 Å². The second-order valence-corrected chi connectivity index (χ2v) is 7.38. The molecule has 0 aromatic heterocycles. The van der Waals surface area contributed by atoms with Gasteiger partial charge in [-0.2, -0.15) is 0 Å². The molecule has 0 spiro atoms. The SMILES string of the molecule is CCCCCCCCCCCCCC=CC(C)C(C)CCC. The van der Waals surface area contributed by atoms with E-state index in [1.54, 1.807) is 0 Å². The first kappa shape index (κ1) is 21.7. The highest BCUT2D eigenvalue weighted by atomic mass is 14.1. The lowest BCUT2D eigenvalue weighted by atomic mass is 9.91. The summed E-state index contributed by atoms with van der Waals surface area (Å²) < 4.78 is 0. The second kappa shape index (κ2) is 17.1. The minimum Gasteiger partial charge on any atom is -0.0883 e. The minimum absolute atomic E-state index is 0.757. The maximum Gasteiger partial charge on any atom is -0.0236 e. The summed E-state index contributed by atoms with van der Waals surface area (Å²) in [7, 11) is 0. The van der Waals surface area contributed by atoms with Crippen LogP contribution in [-0.2, 0) is 0 Å². The van der Waals surface area contributed by atoms with E-state index in [1.807, 2.05) is 0 Å². The molecule has 2 unspecified atom stereocenters. The van der Waals surface area contributed by atoms with Crippen LogP contribution in [-0.4, -0.2) is 0 Å². The van der Waals surface area contributed by atoms with E-state index in [-0.39, 0.29) is 0 Å². The predicted octanol–water partition coefficient (Wildman–Crippen LogP) is 8.32. The molecule has 0 amide bonds. The molecule has 0 aromatic rings. The Morgan fingerprint density at radius 2 is 1.14 bits per heavy atom. The van der Waals surface area contributed by atoms with Gasteiger partial charge in [-0.05, 0) is 24.7 Å². The van der Waals surface area contributed by atoms with Crippen LogP contribution in [0.1, 0.15) is 118 Å². The van der Waals surface area contributed by atoms with Crippen molar-refractivity contribution in [2.75, 3.05) is 0 Å². The zero-order valence-corrected chi connectivity index (χ0v) is 16.2. The third kappa shape index (κ3) is 14.7. The standard InChI is InChI=1S/C22H44/c1-5-7-8-9-10-11-12-13-14-15-16-17-18-20-22(4)21(3)19-6-2/h18,20-22H,5-17,19H2,1-4H3. The molecule has 0 saturated carbocycles. The molecule has 0 aliphatic rings. The van der Waals surface area contributed by atoms with Crippen LogP contribution in [0.3, 0.4) is 0 Å². The number of hydrogen-bond donors (Lipinski definition) is 0. The molecule has 0 aliphatic carbocycles. The van der Waals surface area contributed by atoms with Gasteiger partial charge in [0.25, 0.3) is 0 Å². The quantitative estimate of drug-likeness (QED) is 0.198. The van der Waals surface area contributed by atoms with Gasteiger partial charge >= 0.3 is 0 Å². The zero-order chi connectivity index (χ0) is 16.5. The molecular weight excluding hydrogens is 264 g/mol. The van der Waals surface area contributed by atoms with Crippen molar-refractivity contribution >= 4 is 0 Å². The average molecular weight is 309 g/mol. The summed E-state index contributed by atoms with van der Waals surface area (Å²) in [6, 6.07) is 0. The van der Waals surface area contributed by atoms with Crippen molar-refractivity contribution in [1.29, 1.82) is 0 Å². The van der Waals surface area contributed by atoms with Crippen LogP contribution in [0.25, 0.3) is 0 Å². The summed E-state index contributed by atoms with van der Waals surface area (Å²) in [5.74, 6) is 1.60. The van der Waals surface area contributed by atoms with Crippen LogP contribution in [0.4, 0.5) is 0 Å². The molecule has 2 atom stereocenters. The van der Waals surface area contributed by atoms with Gasteiger partial charge in [-0.15, -0.1) is 0 Å². The maximum absolute atomic E-state index is 2.45. The normalized spacial score (nSPS) is 14.5. The molecule has 0 saturated heterocycles. The van der Waals surface area contributed by atoms with E-state index in [9.17, 15) is 0 Å². The van der Waals surface area contributed by atoms with Gasteiger partial charge in [0.05, 0.1) is 0 Å². The summed E-state index contributed by atoms with van der Waals surface area (Å²) in [5, 5.41) is 0. The van der Waals surface area contributed by atoms with Gasteiger partial charge in [-0.1, -0.05) is 117 Å². The van der Waals surface area contributed by atoms with Crippen molar-refractivity contribution in [2.24, 2.45) is 11.8 Å². The second-order valence-electron chi connectivity index (χ2n) is 7.38. The van der Waals surface area contributed by atoms with Crippen LogP contribution in [0.5, 0.6) is 0 Å². The lowest BCUT2D eigenvalue weighted by Crippen LogP contribution is -2.04. The molecule has 0 fully saturated rings. The molecular formula is C22H44. The van der Waals surface area contributed by atoms with Gasteiger partial charge in [0, 0.05) is 0 Å². The Morgan fingerprint density at radius 3 is 1.64 bits per heavy atom. The number of rotatable bonds is 16. The number of allylic oxidation sites excluding steroid dienone is 2. The van der Waals surface area contributed by atoms with Gasteiger partial charge in [-0.25, -0.2) is 0 Å². The lowest BCUT2D eigenvalue weighted by Gasteiger charge is -2.15. The van der Waals surface area contributed by atoms with Crippen LogP contribution >= 0.6 is 0 Å². The first-order chi connectivity index (χ1) is 10.7. The highest BCUT2D eigenvalue weighted by Crippen LogP contribution is 2.18. The van der Waals surface area contributed by atoms with Crippen LogP contribution in [0, 0.1) is 11.8 Å². The number of hydrogen-bond acceptors (Lipinski definition) is 0. The van der Waals surface area contributed by atoms with Gasteiger partial charge in [0.2, 0.25) is 0 Å². The summed E-state index contributed by atoms with van der Waals surface area (Å²) in [4.78, 5) is 0. The van der Waals surface area contributed by atoms with Crippen molar-refractivity contribution in [3.8, 4) is 0 Å². The van der Waals surface area contributed by atoms with E-state index in [0.717, 1.165) is 11.8 Å². The van der Waals surface area contributed by atoms with E-state index in [4.69, 9.17) is 0 Å². The van der Waals surface area contributed by atoms with Crippen LogP contribution < -0.4 is 0 Å². The molecule has 0 N–H and O–H groups in total. The molecule has 0 bridgehead atoms. The van der Waals surface area contributed by atoms with Gasteiger partial charge in [-0.3, -0.25) is 0 Å². The minimum atomic E-state index is 0.757. The highest BCUT2D eigenvalue weighted by Gasteiger charge is 2.06. The first-order valence-electron chi connectivity index (χ1n) is 10.4. The van der Waals surface area contributed by atoms with Crippen molar-refractivity contribution in [1.82, 2.24) is 0 Å². The monoisotopic (exact) mass is 308 g/mol. The molecule has 0 aliphatic heterocycles.